The number of rotatable bonds is 6. The number of carbonyl (C=O) groups excluding carboxylic acids is 2. The quantitative estimate of drug-likeness (QED) is 0.855. The summed E-state index contributed by atoms with van der Waals surface area (Å²) >= 11 is 5.86. The Bertz CT molecular complexity index is 762. The van der Waals surface area contributed by atoms with Crippen molar-refractivity contribution in [3.05, 3.63) is 47.5 Å². The van der Waals surface area contributed by atoms with E-state index in [1.807, 2.05) is 0 Å². The van der Waals surface area contributed by atoms with Gasteiger partial charge in [0.25, 0.3) is 0 Å². The number of amides is 2. The molecule has 0 bridgehead atoms. The lowest BCUT2D eigenvalue weighted by Crippen LogP contribution is -2.36. The van der Waals surface area contributed by atoms with Gasteiger partial charge in [0.15, 0.2) is 11.5 Å². The van der Waals surface area contributed by atoms with Crippen molar-refractivity contribution in [2.24, 2.45) is 0 Å². The Hall–Kier alpha value is -2.73. The maximum atomic E-state index is 12.3. The summed E-state index contributed by atoms with van der Waals surface area (Å²) in [7, 11) is 3.05. The number of halogens is 1. The van der Waals surface area contributed by atoms with Crippen molar-refractivity contribution in [2.45, 2.75) is 6.92 Å². The number of methoxy groups -OCH3 is 2. The van der Waals surface area contributed by atoms with Crippen molar-refractivity contribution in [3.63, 3.8) is 0 Å². The minimum absolute atomic E-state index is 0.120. The lowest BCUT2D eigenvalue weighted by molar-refractivity contribution is -0.120. The molecule has 0 saturated carbocycles. The summed E-state index contributed by atoms with van der Waals surface area (Å²) in [5, 5.41) is 3.30. The van der Waals surface area contributed by atoms with Crippen LogP contribution in [0.5, 0.6) is 11.5 Å². The molecule has 0 spiro atoms. The second-order valence-corrected chi connectivity index (χ2v) is 5.64. The van der Waals surface area contributed by atoms with Crippen LogP contribution in [0.3, 0.4) is 0 Å². The third-order valence-electron chi connectivity index (χ3n) is 3.49. The molecule has 2 aromatic rings. The van der Waals surface area contributed by atoms with Crippen molar-refractivity contribution in [1.29, 1.82) is 0 Å². The number of hydrogen-bond acceptors (Lipinski definition) is 4. The summed E-state index contributed by atoms with van der Waals surface area (Å²) in [6.07, 6.45) is 0. The molecule has 0 aliphatic rings. The van der Waals surface area contributed by atoms with Crippen LogP contribution < -0.4 is 19.7 Å². The zero-order valence-corrected chi connectivity index (χ0v) is 15.0. The molecule has 1 N–H and O–H groups in total. The number of nitrogens with one attached hydrogen (secondary N) is 1. The summed E-state index contributed by atoms with van der Waals surface area (Å²) in [5.41, 5.74) is 1.14. The van der Waals surface area contributed by atoms with Gasteiger partial charge < -0.3 is 19.7 Å². The predicted octanol–water partition coefficient (Wildman–Crippen LogP) is 3.35. The summed E-state index contributed by atoms with van der Waals surface area (Å²) in [6, 6.07) is 11.7. The minimum Gasteiger partial charge on any atom is -0.493 e. The predicted molar refractivity (Wildman–Crippen MR) is 97.7 cm³/mol. The smallest absolute Gasteiger partial charge is 0.244 e. The molecule has 0 aromatic heterocycles. The topological polar surface area (TPSA) is 67.9 Å². The van der Waals surface area contributed by atoms with E-state index in [0.29, 0.717) is 27.9 Å². The summed E-state index contributed by atoms with van der Waals surface area (Å²) < 4.78 is 10.4. The first-order valence-corrected chi connectivity index (χ1v) is 7.88. The average molecular weight is 363 g/mol. The number of hydrogen-bond donors (Lipinski definition) is 1. The zero-order valence-electron chi connectivity index (χ0n) is 14.2. The van der Waals surface area contributed by atoms with E-state index >= 15 is 0 Å². The van der Waals surface area contributed by atoms with E-state index in [-0.39, 0.29) is 18.4 Å². The van der Waals surface area contributed by atoms with Gasteiger partial charge in [-0.25, -0.2) is 0 Å². The molecule has 0 aliphatic heterocycles. The average Bonchev–Trinajstić information content (AvgIpc) is 2.60. The van der Waals surface area contributed by atoms with E-state index in [1.165, 1.54) is 26.0 Å². The molecule has 0 heterocycles. The molecule has 0 saturated heterocycles. The maximum absolute atomic E-state index is 12.3. The second-order valence-electron chi connectivity index (χ2n) is 5.20. The highest BCUT2D eigenvalue weighted by atomic mass is 35.5. The van der Waals surface area contributed by atoms with E-state index in [4.69, 9.17) is 21.1 Å². The van der Waals surface area contributed by atoms with Crippen LogP contribution in [0.2, 0.25) is 5.02 Å². The molecule has 6 nitrogen and oxygen atoms in total. The fraction of sp³-hybridized carbons (Fsp3) is 0.222. The molecule has 0 radical (unpaired) electrons. The van der Waals surface area contributed by atoms with Gasteiger partial charge in [0.2, 0.25) is 11.8 Å². The van der Waals surface area contributed by atoms with Crippen molar-refractivity contribution in [3.8, 4) is 11.5 Å². The van der Waals surface area contributed by atoms with Gasteiger partial charge in [0, 0.05) is 29.4 Å². The Morgan fingerprint density at radius 2 is 1.68 bits per heavy atom. The van der Waals surface area contributed by atoms with Crippen LogP contribution in [0.15, 0.2) is 42.5 Å². The summed E-state index contributed by atoms with van der Waals surface area (Å²) in [4.78, 5) is 25.6. The molecule has 0 atom stereocenters. The fourth-order valence-electron chi connectivity index (χ4n) is 2.26. The van der Waals surface area contributed by atoms with Crippen molar-refractivity contribution < 1.29 is 19.1 Å². The number of anilines is 2. The van der Waals surface area contributed by atoms with Crippen LogP contribution in [0.4, 0.5) is 11.4 Å². The third kappa shape index (κ3) is 4.87. The number of benzene rings is 2. The van der Waals surface area contributed by atoms with Gasteiger partial charge in [-0.15, -0.1) is 0 Å². The number of nitrogens with zero attached hydrogens (tertiary/aromatic N) is 1. The Labute approximate surface area is 151 Å². The van der Waals surface area contributed by atoms with Crippen molar-refractivity contribution >= 4 is 34.8 Å². The molecule has 7 heteroatoms. The van der Waals surface area contributed by atoms with Crippen LogP contribution in [0.1, 0.15) is 6.92 Å². The van der Waals surface area contributed by atoms with Crippen LogP contribution in [-0.2, 0) is 9.59 Å². The van der Waals surface area contributed by atoms with Gasteiger partial charge in [-0.2, -0.15) is 0 Å². The van der Waals surface area contributed by atoms with Gasteiger partial charge in [-0.3, -0.25) is 9.59 Å². The minimum atomic E-state index is -0.336. The largest absolute Gasteiger partial charge is 0.493 e. The van der Waals surface area contributed by atoms with Crippen LogP contribution in [0.25, 0.3) is 0 Å². The van der Waals surface area contributed by atoms with Crippen LogP contribution in [0, 0.1) is 0 Å². The standard InChI is InChI=1S/C18H19ClN2O4/c1-12(22)21(15-7-4-13(19)5-8-15)11-18(23)20-14-6-9-16(24-2)17(10-14)25-3/h4-10H,11H2,1-3H3,(H,20,23). The normalized spacial score (nSPS) is 10.1. The van der Waals surface area contributed by atoms with Crippen molar-refractivity contribution in [1.82, 2.24) is 0 Å². The highest BCUT2D eigenvalue weighted by Crippen LogP contribution is 2.29. The van der Waals surface area contributed by atoms with Crippen LogP contribution in [-0.4, -0.2) is 32.6 Å². The maximum Gasteiger partial charge on any atom is 0.244 e. The van der Waals surface area contributed by atoms with Gasteiger partial charge in [-0.05, 0) is 36.4 Å². The van der Waals surface area contributed by atoms with E-state index < -0.39 is 0 Å². The first kappa shape index (κ1) is 18.6. The summed E-state index contributed by atoms with van der Waals surface area (Å²) in [6.45, 7) is 1.28. The first-order chi connectivity index (χ1) is 11.9. The SMILES string of the molecule is COc1ccc(NC(=O)CN(C(C)=O)c2ccc(Cl)cc2)cc1OC. The Morgan fingerprint density at radius 3 is 2.24 bits per heavy atom. The van der Waals surface area contributed by atoms with Crippen LogP contribution >= 0.6 is 11.6 Å². The van der Waals surface area contributed by atoms with E-state index in [9.17, 15) is 9.59 Å². The molecule has 0 aliphatic carbocycles. The second kappa shape index (κ2) is 8.39. The molecule has 0 unspecified atom stereocenters. The Morgan fingerprint density at radius 1 is 1.04 bits per heavy atom. The van der Waals surface area contributed by atoms with Gasteiger partial charge in [0.1, 0.15) is 6.54 Å². The molecular weight excluding hydrogens is 344 g/mol. The monoisotopic (exact) mass is 362 g/mol. The van der Waals surface area contributed by atoms with Gasteiger partial charge in [-0.1, -0.05) is 11.6 Å². The van der Waals surface area contributed by atoms with E-state index in [0.717, 1.165) is 0 Å². The number of ether oxygens (including phenoxy) is 2. The third-order valence-corrected chi connectivity index (χ3v) is 3.74. The van der Waals surface area contributed by atoms with E-state index in [2.05, 4.69) is 5.32 Å². The lowest BCUT2D eigenvalue weighted by Gasteiger charge is -2.21. The summed E-state index contributed by atoms with van der Waals surface area (Å²) in [5.74, 6) is 0.482. The van der Waals surface area contributed by atoms with Crippen molar-refractivity contribution in [2.75, 3.05) is 31.0 Å². The molecule has 0 fully saturated rings. The molecule has 25 heavy (non-hydrogen) atoms. The lowest BCUT2D eigenvalue weighted by atomic mass is 10.2. The molecule has 2 amide bonds. The molecule has 2 rings (SSSR count). The Balaban J connectivity index is 2.11. The zero-order chi connectivity index (χ0) is 18.4. The van der Waals surface area contributed by atoms with Gasteiger partial charge in [0.05, 0.1) is 14.2 Å². The highest BCUT2D eigenvalue weighted by Gasteiger charge is 2.16. The molecule has 2 aromatic carbocycles. The van der Waals surface area contributed by atoms with Gasteiger partial charge >= 0.3 is 0 Å². The fourth-order valence-corrected chi connectivity index (χ4v) is 2.39. The van der Waals surface area contributed by atoms with E-state index in [1.54, 1.807) is 42.5 Å². The number of carbonyl (C=O) groups is 2. The first-order valence-electron chi connectivity index (χ1n) is 7.50. The highest BCUT2D eigenvalue weighted by molar-refractivity contribution is 6.30. The molecular formula is C18H19ClN2O4. The molecule has 132 valence electrons. The Kier molecular flexibility index (Phi) is 6.25.